The summed E-state index contributed by atoms with van der Waals surface area (Å²) in [6, 6.07) is 0. The van der Waals surface area contributed by atoms with E-state index in [4.69, 9.17) is 21.1 Å². The third-order valence-electron chi connectivity index (χ3n) is 2.56. The second-order valence-corrected chi connectivity index (χ2v) is 3.48. The van der Waals surface area contributed by atoms with E-state index in [1.54, 1.807) is 0 Å². The van der Waals surface area contributed by atoms with Gasteiger partial charge >= 0.3 is 0 Å². The van der Waals surface area contributed by atoms with Crippen molar-refractivity contribution in [2.75, 3.05) is 0 Å². The van der Waals surface area contributed by atoms with Crippen LogP contribution in [0.1, 0.15) is 33.1 Å². The number of aliphatic hydroxyl groups excluding tert-OH is 2. The molecule has 0 amide bonds. The van der Waals surface area contributed by atoms with E-state index in [1.807, 2.05) is 13.8 Å². The predicted octanol–water partition coefficient (Wildman–Crippen LogP) is 0.0167. The van der Waals surface area contributed by atoms with E-state index in [0.29, 0.717) is 12.8 Å². The molecule has 4 nitrogen and oxygen atoms in total. The lowest BCUT2D eigenvalue weighted by atomic mass is 9.89. The Balaban J connectivity index is 4.03. The highest BCUT2D eigenvalue weighted by Gasteiger charge is 2.22. The molecule has 13 heavy (non-hydrogen) atoms. The molecule has 3 unspecified atom stereocenters. The van der Waals surface area contributed by atoms with Crippen LogP contribution >= 0.6 is 0 Å². The van der Waals surface area contributed by atoms with Crippen molar-refractivity contribution in [2.24, 2.45) is 17.6 Å². The summed E-state index contributed by atoms with van der Waals surface area (Å²) < 4.78 is 0. The van der Waals surface area contributed by atoms with Gasteiger partial charge in [-0.3, -0.25) is 0 Å². The first-order valence-corrected chi connectivity index (χ1v) is 4.82. The summed E-state index contributed by atoms with van der Waals surface area (Å²) in [6.07, 6.45) is -0.181. The first-order valence-electron chi connectivity index (χ1n) is 4.82. The highest BCUT2D eigenvalue weighted by Crippen LogP contribution is 2.21. The van der Waals surface area contributed by atoms with Gasteiger partial charge in [-0.05, 0) is 25.2 Å². The zero-order valence-electron chi connectivity index (χ0n) is 8.35. The Kier molecular flexibility index (Phi) is 6.24. The van der Waals surface area contributed by atoms with E-state index in [9.17, 15) is 0 Å². The zero-order valence-corrected chi connectivity index (χ0v) is 8.35. The molecule has 0 radical (unpaired) electrons. The number of aliphatic hydroxyl groups is 3. The fourth-order valence-corrected chi connectivity index (χ4v) is 1.44. The molecular weight excluding hydrogens is 170 g/mol. The average Bonchev–Trinajstić information content (AvgIpc) is 2.05. The van der Waals surface area contributed by atoms with Gasteiger partial charge in [0.1, 0.15) is 6.23 Å². The summed E-state index contributed by atoms with van der Waals surface area (Å²) in [7, 11) is 0. The van der Waals surface area contributed by atoms with Crippen molar-refractivity contribution < 1.29 is 15.3 Å². The molecule has 0 aromatic carbocycles. The fourth-order valence-electron chi connectivity index (χ4n) is 1.44. The molecule has 0 aromatic heterocycles. The van der Waals surface area contributed by atoms with E-state index in [-0.39, 0.29) is 11.8 Å². The van der Waals surface area contributed by atoms with E-state index in [2.05, 4.69) is 0 Å². The number of hydrogen-bond acceptors (Lipinski definition) is 4. The van der Waals surface area contributed by atoms with Crippen LogP contribution in [0.3, 0.4) is 0 Å². The monoisotopic (exact) mass is 191 g/mol. The van der Waals surface area contributed by atoms with Crippen LogP contribution in [0.5, 0.6) is 0 Å². The van der Waals surface area contributed by atoms with E-state index in [1.165, 1.54) is 0 Å². The lowest BCUT2D eigenvalue weighted by Crippen LogP contribution is -2.33. The third kappa shape index (κ3) is 4.57. The van der Waals surface area contributed by atoms with Crippen LogP contribution < -0.4 is 5.73 Å². The molecule has 0 fully saturated rings. The van der Waals surface area contributed by atoms with Crippen LogP contribution in [-0.4, -0.2) is 27.8 Å². The largest absolute Gasteiger partial charge is 0.379 e. The van der Waals surface area contributed by atoms with Crippen molar-refractivity contribution in [3.05, 3.63) is 0 Å². The molecule has 0 heterocycles. The maximum atomic E-state index is 9.15. The van der Waals surface area contributed by atoms with Gasteiger partial charge in [0.25, 0.3) is 0 Å². The molecule has 0 aromatic rings. The van der Waals surface area contributed by atoms with Crippen LogP contribution in [0.25, 0.3) is 0 Å². The molecule has 0 aliphatic rings. The molecule has 0 saturated carbocycles. The minimum Gasteiger partial charge on any atom is -0.379 e. The van der Waals surface area contributed by atoms with Crippen LogP contribution in [-0.2, 0) is 0 Å². The Hall–Kier alpha value is -0.160. The maximum absolute atomic E-state index is 9.15. The van der Waals surface area contributed by atoms with Gasteiger partial charge in [-0.15, -0.1) is 0 Å². The Morgan fingerprint density at radius 1 is 1.00 bits per heavy atom. The average molecular weight is 191 g/mol. The second kappa shape index (κ2) is 6.32. The van der Waals surface area contributed by atoms with Gasteiger partial charge in [0.2, 0.25) is 0 Å². The lowest BCUT2D eigenvalue weighted by Gasteiger charge is -2.24. The van der Waals surface area contributed by atoms with Crippen molar-refractivity contribution in [3.63, 3.8) is 0 Å². The fraction of sp³-hybridized carbons (Fsp3) is 1.00. The third-order valence-corrected chi connectivity index (χ3v) is 2.56. The summed E-state index contributed by atoms with van der Waals surface area (Å²) in [5, 5.41) is 27.1. The number of rotatable bonds is 6. The second-order valence-electron chi connectivity index (χ2n) is 3.48. The SMILES string of the molecule is CCC(CC(CC)C(O)O)C(N)O. The van der Waals surface area contributed by atoms with Crippen molar-refractivity contribution >= 4 is 0 Å². The molecule has 80 valence electrons. The van der Waals surface area contributed by atoms with E-state index >= 15 is 0 Å². The van der Waals surface area contributed by atoms with Crippen molar-refractivity contribution in [2.45, 2.75) is 45.6 Å². The molecule has 0 spiro atoms. The standard InChI is InChI=1S/C9H21NO3/c1-3-6(8(10)11)5-7(4-2)9(12)13/h6-9,11-13H,3-5,10H2,1-2H3. The van der Waals surface area contributed by atoms with Gasteiger partial charge in [-0.25, -0.2) is 0 Å². The van der Waals surface area contributed by atoms with Crippen molar-refractivity contribution in [1.82, 2.24) is 0 Å². The van der Waals surface area contributed by atoms with Gasteiger partial charge in [0, 0.05) is 5.92 Å². The molecule has 0 rings (SSSR count). The van der Waals surface area contributed by atoms with Gasteiger partial charge in [0.05, 0.1) is 0 Å². The van der Waals surface area contributed by atoms with Gasteiger partial charge in [0.15, 0.2) is 6.29 Å². The minimum atomic E-state index is -1.31. The highest BCUT2D eigenvalue weighted by atomic mass is 16.5. The number of hydrogen-bond donors (Lipinski definition) is 4. The van der Waals surface area contributed by atoms with E-state index in [0.717, 1.165) is 6.42 Å². The molecular formula is C9H21NO3. The lowest BCUT2D eigenvalue weighted by molar-refractivity contribution is -0.0946. The van der Waals surface area contributed by atoms with Crippen LogP contribution in [0.2, 0.25) is 0 Å². The van der Waals surface area contributed by atoms with Crippen molar-refractivity contribution in [3.8, 4) is 0 Å². The summed E-state index contributed by atoms with van der Waals surface area (Å²) in [4.78, 5) is 0. The first-order chi connectivity index (χ1) is 6.02. The first kappa shape index (κ1) is 12.8. The minimum absolute atomic E-state index is 0.0493. The van der Waals surface area contributed by atoms with Gasteiger partial charge in [-0.2, -0.15) is 0 Å². The Labute approximate surface area is 79.4 Å². The van der Waals surface area contributed by atoms with E-state index < -0.39 is 12.5 Å². The topological polar surface area (TPSA) is 86.7 Å². The van der Waals surface area contributed by atoms with Crippen molar-refractivity contribution in [1.29, 1.82) is 0 Å². The predicted molar refractivity (Wildman–Crippen MR) is 50.6 cm³/mol. The van der Waals surface area contributed by atoms with Crippen LogP contribution in [0.4, 0.5) is 0 Å². The molecule has 0 bridgehead atoms. The Bertz CT molecular complexity index is 114. The summed E-state index contributed by atoms with van der Waals surface area (Å²) >= 11 is 0. The number of nitrogens with two attached hydrogens (primary N) is 1. The maximum Gasteiger partial charge on any atom is 0.154 e. The summed E-state index contributed by atoms with van der Waals surface area (Å²) in [5.41, 5.74) is 5.34. The van der Waals surface area contributed by atoms with Crippen LogP contribution in [0, 0.1) is 11.8 Å². The molecule has 0 saturated heterocycles. The zero-order chi connectivity index (χ0) is 10.4. The Morgan fingerprint density at radius 2 is 1.46 bits per heavy atom. The smallest absolute Gasteiger partial charge is 0.154 e. The highest BCUT2D eigenvalue weighted by molar-refractivity contribution is 4.69. The Morgan fingerprint density at radius 3 is 1.69 bits per heavy atom. The van der Waals surface area contributed by atoms with Gasteiger partial charge < -0.3 is 21.1 Å². The summed E-state index contributed by atoms with van der Waals surface area (Å²) in [6.45, 7) is 3.82. The quantitative estimate of drug-likeness (QED) is 0.446. The molecule has 0 aliphatic carbocycles. The molecule has 0 aliphatic heterocycles. The molecule has 4 heteroatoms. The van der Waals surface area contributed by atoms with Crippen LogP contribution in [0.15, 0.2) is 0 Å². The normalized spacial score (nSPS) is 18.7. The molecule has 3 atom stereocenters. The molecule has 5 N–H and O–H groups in total. The summed E-state index contributed by atoms with van der Waals surface area (Å²) in [5.74, 6) is -0.241. The van der Waals surface area contributed by atoms with Gasteiger partial charge in [-0.1, -0.05) is 13.8 Å².